The molecule has 0 saturated carbocycles. The molecule has 0 radical (unpaired) electrons. The van der Waals surface area contributed by atoms with E-state index in [2.05, 4.69) is 20.1 Å². The summed E-state index contributed by atoms with van der Waals surface area (Å²) in [5.74, 6) is -0.610. The fourth-order valence-electron chi connectivity index (χ4n) is 4.36. The van der Waals surface area contributed by atoms with Crippen LogP contribution in [0, 0.1) is 6.92 Å². The summed E-state index contributed by atoms with van der Waals surface area (Å²) in [6.07, 6.45) is 2.86. The number of nitrogens with zero attached hydrogens (tertiary/aromatic N) is 4. The SMILES string of the molecule is CNC(=O)c1cc(Cl)cc(C)c1CC(=O)c1cc(CN(C=O)c2ccccc2NS(C)(=O)=O)nn1-c1ncccc1Cl. The van der Waals surface area contributed by atoms with Crippen molar-refractivity contribution in [2.24, 2.45) is 0 Å². The Hall–Kier alpha value is -4.26. The third-order valence-corrected chi connectivity index (χ3v) is 7.30. The number of anilines is 2. The van der Waals surface area contributed by atoms with Crippen molar-refractivity contribution < 1.29 is 22.8 Å². The highest BCUT2D eigenvalue weighted by Gasteiger charge is 2.24. The average Bonchev–Trinajstić information content (AvgIpc) is 3.36. The van der Waals surface area contributed by atoms with Gasteiger partial charge in [-0.3, -0.25) is 19.1 Å². The molecule has 11 nitrogen and oxygen atoms in total. The van der Waals surface area contributed by atoms with Gasteiger partial charge in [-0.15, -0.1) is 0 Å². The summed E-state index contributed by atoms with van der Waals surface area (Å²) in [6.45, 7) is 1.64. The summed E-state index contributed by atoms with van der Waals surface area (Å²) in [4.78, 5) is 44.1. The second-order valence-corrected chi connectivity index (χ2v) is 11.9. The number of aromatic nitrogens is 3. The summed E-state index contributed by atoms with van der Waals surface area (Å²) in [5.41, 5.74) is 2.27. The van der Waals surface area contributed by atoms with Gasteiger partial charge in [-0.1, -0.05) is 35.3 Å². The highest BCUT2D eigenvalue weighted by atomic mass is 35.5. The molecule has 0 aliphatic heterocycles. The zero-order valence-electron chi connectivity index (χ0n) is 22.8. The Labute approximate surface area is 252 Å². The first-order chi connectivity index (χ1) is 19.9. The molecule has 0 saturated heterocycles. The standard InChI is InChI=1S/C28H26Cl2N6O5S/c1-17-11-18(29)12-21(28(39)31-2)20(17)14-26(38)25-13-19(33-36(25)27-22(30)7-6-10-32-27)15-35(16-37)24-9-5-4-8-23(24)34-42(3,40)41/h4-13,16,34H,14-15H2,1-3H3,(H,31,39). The molecule has 0 unspecified atom stereocenters. The van der Waals surface area contributed by atoms with E-state index in [0.29, 0.717) is 28.3 Å². The van der Waals surface area contributed by atoms with Gasteiger partial charge >= 0.3 is 0 Å². The van der Waals surface area contributed by atoms with Crippen LogP contribution in [0.1, 0.15) is 37.7 Å². The molecule has 0 atom stereocenters. The molecule has 0 fully saturated rings. The van der Waals surface area contributed by atoms with E-state index < -0.39 is 21.7 Å². The predicted molar refractivity (Wildman–Crippen MR) is 161 cm³/mol. The minimum atomic E-state index is -3.63. The lowest BCUT2D eigenvalue weighted by Gasteiger charge is -2.20. The fourth-order valence-corrected chi connectivity index (χ4v) is 5.41. The number of carbonyl (C=O) groups excluding carboxylic acids is 3. The van der Waals surface area contributed by atoms with E-state index in [1.54, 1.807) is 43.3 Å². The second-order valence-electron chi connectivity index (χ2n) is 9.29. The highest BCUT2D eigenvalue weighted by Crippen LogP contribution is 2.28. The van der Waals surface area contributed by atoms with E-state index in [4.69, 9.17) is 23.2 Å². The van der Waals surface area contributed by atoms with Crippen molar-refractivity contribution in [2.75, 3.05) is 22.9 Å². The van der Waals surface area contributed by atoms with Crippen LogP contribution < -0.4 is 14.9 Å². The molecule has 2 heterocycles. The van der Waals surface area contributed by atoms with E-state index in [0.717, 1.165) is 6.26 Å². The zero-order chi connectivity index (χ0) is 30.6. The Morgan fingerprint density at radius 1 is 1.10 bits per heavy atom. The van der Waals surface area contributed by atoms with Crippen molar-refractivity contribution in [3.63, 3.8) is 0 Å². The molecule has 2 aromatic carbocycles. The number of nitrogens with one attached hydrogen (secondary N) is 2. The van der Waals surface area contributed by atoms with Crippen LogP contribution in [0.15, 0.2) is 60.8 Å². The summed E-state index contributed by atoms with van der Waals surface area (Å²) in [5, 5.41) is 7.69. The average molecular weight is 630 g/mol. The van der Waals surface area contributed by atoms with Gasteiger partial charge in [0, 0.05) is 30.3 Å². The molecule has 2 amide bonds. The molecule has 218 valence electrons. The number of hydrogen-bond donors (Lipinski definition) is 2. The van der Waals surface area contributed by atoms with E-state index in [1.165, 1.54) is 41.0 Å². The Kier molecular flexibility index (Phi) is 9.30. The smallest absolute Gasteiger partial charge is 0.251 e. The summed E-state index contributed by atoms with van der Waals surface area (Å²) >= 11 is 12.6. The number of hydrogen-bond acceptors (Lipinski definition) is 7. The number of amides is 2. The first-order valence-corrected chi connectivity index (χ1v) is 15.1. The summed E-state index contributed by atoms with van der Waals surface area (Å²) < 4.78 is 27.5. The normalized spacial score (nSPS) is 11.2. The van der Waals surface area contributed by atoms with Crippen LogP contribution >= 0.6 is 23.2 Å². The van der Waals surface area contributed by atoms with Crippen molar-refractivity contribution in [1.82, 2.24) is 20.1 Å². The van der Waals surface area contributed by atoms with Crippen molar-refractivity contribution >= 4 is 62.7 Å². The monoisotopic (exact) mass is 628 g/mol. The van der Waals surface area contributed by atoms with Crippen molar-refractivity contribution in [2.45, 2.75) is 19.9 Å². The molecule has 2 aromatic heterocycles. The second kappa shape index (κ2) is 12.7. The maximum atomic E-state index is 13.8. The van der Waals surface area contributed by atoms with Gasteiger partial charge in [-0.05, 0) is 60.5 Å². The van der Waals surface area contributed by atoms with Gasteiger partial charge in [-0.25, -0.2) is 18.1 Å². The number of pyridine rings is 1. The lowest BCUT2D eigenvalue weighted by molar-refractivity contribution is -0.107. The van der Waals surface area contributed by atoms with E-state index in [-0.39, 0.29) is 46.4 Å². The third kappa shape index (κ3) is 6.96. The van der Waals surface area contributed by atoms with Gasteiger partial charge < -0.3 is 10.2 Å². The molecule has 0 bridgehead atoms. The summed E-state index contributed by atoms with van der Waals surface area (Å²) in [7, 11) is -2.15. The Balaban J connectivity index is 1.78. The molecule has 2 N–H and O–H groups in total. The van der Waals surface area contributed by atoms with Crippen LogP contribution in [0.3, 0.4) is 0 Å². The van der Waals surface area contributed by atoms with Crippen LogP contribution in [0.2, 0.25) is 10.0 Å². The van der Waals surface area contributed by atoms with E-state index in [1.807, 2.05) is 0 Å². The first kappa shape index (κ1) is 30.7. The number of rotatable bonds is 11. The maximum Gasteiger partial charge on any atom is 0.251 e. The molecule has 14 heteroatoms. The van der Waals surface area contributed by atoms with Crippen LogP contribution in [-0.2, 0) is 27.8 Å². The number of benzene rings is 2. The van der Waals surface area contributed by atoms with Gasteiger partial charge in [-0.2, -0.15) is 5.10 Å². The molecule has 0 aliphatic rings. The fraction of sp³-hybridized carbons (Fsp3) is 0.179. The lowest BCUT2D eigenvalue weighted by Crippen LogP contribution is -2.23. The maximum absolute atomic E-state index is 13.8. The molecule has 4 aromatic rings. The van der Waals surface area contributed by atoms with E-state index >= 15 is 0 Å². The summed E-state index contributed by atoms with van der Waals surface area (Å²) in [6, 6.07) is 14.3. The number of carbonyl (C=O) groups is 3. The Morgan fingerprint density at radius 3 is 2.50 bits per heavy atom. The molecule has 42 heavy (non-hydrogen) atoms. The van der Waals surface area contributed by atoms with Crippen LogP contribution in [0.25, 0.3) is 5.82 Å². The molecule has 0 spiro atoms. The number of aryl methyl sites for hydroxylation is 1. The molecular formula is C28H26Cl2N6O5S. The number of sulfonamides is 1. The van der Waals surface area contributed by atoms with Crippen molar-refractivity contribution in [1.29, 1.82) is 0 Å². The van der Waals surface area contributed by atoms with Gasteiger partial charge in [0.2, 0.25) is 16.4 Å². The number of halogens is 2. The largest absolute Gasteiger partial charge is 0.355 e. The Morgan fingerprint density at radius 2 is 1.83 bits per heavy atom. The predicted octanol–water partition coefficient (Wildman–Crippen LogP) is 4.20. The van der Waals surface area contributed by atoms with Gasteiger partial charge in [0.15, 0.2) is 11.6 Å². The minimum Gasteiger partial charge on any atom is -0.355 e. The number of Topliss-reactive ketones (excluding diaryl/α,β-unsaturated/α-hetero) is 1. The van der Waals surface area contributed by atoms with Crippen LogP contribution in [0.4, 0.5) is 11.4 Å². The highest BCUT2D eigenvalue weighted by molar-refractivity contribution is 7.92. The van der Waals surface area contributed by atoms with E-state index in [9.17, 15) is 22.8 Å². The number of ketones is 1. The zero-order valence-corrected chi connectivity index (χ0v) is 25.1. The quantitative estimate of drug-likeness (QED) is 0.187. The van der Waals surface area contributed by atoms with Crippen LogP contribution in [-0.4, -0.2) is 54.6 Å². The lowest BCUT2D eigenvalue weighted by atomic mass is 9.95. The topological polar surface area (TPSA) is 143 Å². The molecule has 0 aliphatic carbocycles. The van der Waals surface area contributed by atoms with Crippen LogP contribution in [0.5, 0.6) is 0 Å². The van der Waals surface area contributed by atoms with Gasteiger partial charge in [0.05, 0.1) is 34.9 Å². The third-order valence-electron chi connectivity index (χ3n) is 6.20. The Bertz CT molecular complexity index is 1790. The van der Waals surface area contributed by atoms with Gasteiger partial charge in [0.25, 0.3) is 5.91 Å². The molecular weight excluding hydrogens is 603 g/mol. The van der Waals surface area contributed by atoms with Gasteiger partial charge in [0.1, 0.15) is 5.69 Å². The molecule has 4 rings (SSSR count). The van der Waals surface area contributed by atoms with Crippen molar-refractivity contribution in [3.8, 4) is 5.82 Å². The van der Waals surface area contributed by atoms with Crippen molar-refractivity contribution in [3.05, 3.63) is 98.9 Å². The first-order valence-electron chi connectivity index (χ1n) is 12.4. The minimum absolute atomic E-state index is 0.108. The number of para-hydroxylation sites is 2.